The molecule has 1 heterocycles. The third-order valence-electron chi connectivity index (χ3n) is 3.95. The van der Waals surface area contributed by atoms with Gasteiger partial charge in [0.2, 0.25) is 10.0 Å². The molecule has 22 heavy (non-hydrogen) atoms. The molecular formula is C17H27NO3S. The lowest BCUT2D eigenvalue weighted by Gasteiger charge is -2.34. The minimum Gasteiger partial charge on any atom is -0.374 e. The summed E-state index contributed by atoms with van der Waals surface area (Å²) < 4.78 is 32.9. The molecule has 0 unspecified atom stereocenters. The molecular weight excluding hydrogens is 298 g/mol. The third-order valence-corrected chi connectivity index (χ3v) is 5.78. The van der Waals surface area contributed by atoms with E-state index in [4.69, 9.17) is 4.74 Å². The minimum atomic E-state index is -3.41. The quantitative estimate of drug-likeness (QED) is 0.834. The lowest BCUT2D eigenvalue weighted by atomic mass is 9.94. The van der Waals surface area contributed by atoms with Crippen molar-refractivity contribution in [3.63, 3.8) is 0 Å². The summed E-state index contributed by atoms with van der Waals surface area (Å²) in [5.74, 6) is 0.817. The van der Waals surface area contributed by atoms with Crippen LogP contribution in [0.4, 0.5) is 0 Å². The molecule has 4 nitrogen and oxygen atoms in total. The number of hydrogen-bond acceptors (Lipinski definition) is 3. The Labute approximate surface area is 134 Å². The zero-order valence-corrected chi connectivity index (χ0v) is 14.8. The average Bonchev–Trinajstić information content (AvgIpc) is 2.44. The van der Waals surface area contributed by atoms with Gasteiger partial charge in [-0.05, 0) is 49.8 Å². The minimum absolute atomic E-state index is 0.129. The molecule has 1 saturated heterocycles. The molecule has 0 spiro atoms. The Morgan fingerprint density at radius 1 is 1.23 bits per heavy atom. The second-order valence-corrected chi connectivity index (χ2v) is 8.71. The first-order chi connectivity index (χ1) is 10.3. The van der Waals surface area contributed by atoms with Crippen molar-refractivity contribution in [2.75, 3.05) is 13.1 Å². The predicted octanol–water partition coefficient (Wildman–Crippen LogP) is 3.28. The smallest absolute Gasteiger partial charge is 0.243 e. The number of piperidine rings is 1. The molecule has 1 aromatic rings. The van der Waals surface area contributed by atoms with E-state index in [2.05, 4.69) is 13.8 Å². The Kier molecular flexibility index (Phi) is 5.64. The molecule has 2 atom stereocenters. The highest BCUT2D eigenvalue weighted by Crippen LogP contribution is 2.27. The Balaban J connectivity index is 2.20. The van der Waals surface area contributed by atoms with Gasteiger partial charge in [0.05, 0.1) is 17.6 Å². The van der Waals surface area contributed by atoms with Gasteiger partial charge in [-0.25, -0.2) is 8.42 Å². The number of benzene rings is 1. The van der Waals surface area contributed by atoms with Crippen LogP contribution < -0.4 is 0 Å². The molecule has 0 amide bonds. The average molecular weight is 325 g/mol. The van der Waals surface area contributed by atoms with E-state index in [0.29, 0.717) is 36.4 Å². The van der Waals surface area contributed by atoms with Crippen LogP contribution in [0.2, 0.25) is 0 Å². The Morgan fingerprint density at radius 2 is 1.86 bits per heavy atom. The van der Waals surface area contributed by atoms with Crippen molar-refractivity contribution in [2.45, 2.75) is 51.7 Å². The second-order valence-electron chi connectivity index (χ2n) is 6.78. The van der Waals surface area contributed by atoms with Crippen LogP contribution in [0.15, 0.2) is 29.2 Å². The van der Waals surface area contributed by atoms with E-state index in [9.17, 15) is 8.42 Å². The molecule has 5 heteroatoms. The number of nitrogens with zero attached hydrogens (tertiary/aromatic N) is 1. The van der Waals surface area contributed by atoms with E-state index < -0.39 is 10.0 Å². The maximum Gasteiger partial charge on any atom is 0.243 e. The molecule has 0 bridgehead atoms. The highest BCUT2D eigenvalue weighted by atomic mass is 32.2. The van der Waals surface area contributed by atoms with Gasteiger partial charge < -0.3 is 4.74 Å². The summed E-state index contributed by atoms with van der Waals surface area (Å²) in [5.41, 5.74) is 0.896. The topological polar surface area (TPSA) is 46.6 Å². The van der Waals surface area contributed by atoms with Gasteiger partial charge in [0, 0.05) is 13.1 Å². The maximum atomic E-state index is 12.9. The molecule has 0 aliphatic carbocycles. The summed E-state index contributed by atoms with van der Waals surface area (Å²) in [6, 6.07) is 7.12. The van der Waals surface area contributed by atoms with E-state index in [1.165, 1.54) is 0 Å². The van der Waals surface area contributed by atoms with Crippen LogP contribution >= 0.6 is 0 Å². The van der Waals surface area contributed by atoms with Crippen molar-refractivity contribution < 1.29 is 13.2 Å². The Bertz CT molecular complexity index is 588. The van der Waals surface area contributed by atoms with Crippen LogP contribution in [0, 0.1) is 11.8 Å². The number of ether oxygens (including phenoxy) is 1. The Hall–Kier alpha value is -0.910. The van der Waals surface area contributed by atoms with Crippen LogP contribution in [-0.4, -0.2) is 31.9 Å². The third kappa shape index (κ3) is 4.31. The highest BCUT2D eigenvalue weighted by molar-refractivity contribution is 7.89. The van der Waals surface area contributed by atoms with E-state index in [0.717, 1.165) is 12.0 Å². The summed E-state index contributed by atoms with van der Waals surface area (Å²) in [7, 11) is -3.41. The van der Waals surface area contributed by atoms with Gasteiger partial charge >= 0.3 is 0 Å². The van der Waals surface area contributed by atoms with Crippen LogP contribution in [-0.2, 0) is 21.4 Å². The van der Waals surface area contributed by atoms with Crippen molar-refractivity contribution in [2.24, 2.45) is 11.8 Å². The fraction of sp³-hybridized carbons (Fsp3) is 0.647. The number of hydrogen-bond donors (Lipinski definition) is 0. The largest absolute Gasteiger partial charge is 0.374 e. The van der Waals surface area contributed by atoms with Gasteiger partial charge in [-0.2, -0.15) is 4.31 Å². The van der Waals surface area contributed by atoms with Gasteiger partial charge in [0.1, 0.15) is 0 Å². The maximum absolute atomic E-state index is 12.9. The lowest BCUT2D eigenvalue weighted by molar-refractivity contribution is 0.0656. The van der Waals surface area contributed by atoms with Gasteiger partial charge in [0.25, 0.3) is 0 Å². The van der Waals surface area contributed by atoms with Crippen molar-refractivity contribution in [1.29, 1.82) is 0 Å². The van der Waals surface area contributed by atoms with Gasteiger partial charge in [-0.1, -0.05) is 26.0 Å². The fourth-order valence-corrected chi connectivity index (χ4v) is 4.76. The standard InChI is InChI=1S/C17H27NO3S/c1-13(2)21-12-16-6-5-7-17(9-16)22(19,20)18-10-14(3)8-15(4)11-18/h5-7,9,13-15H,8,10-12H2,1-4H3/t14-,15-/m1/s1. The summed E-state index contributed by atoms with van der Waals surface area (Å²) in [5, 5.41) is 0. The zero-order chi connectivity index (χ0) is 16.3. The van der Waals surface area contributed by atoms with Crippen molar-refractivity contribution in [3.8, 4) is 0 Å². The molecule has 1 aliphatic rings. The fourth-order valence-electron chi connectivity index (χ4n) is 3.01. The Morgan fingerprint density at radius 3 is 2.45 bits per heavy atom. The normalized spacial score (nSPS) is 23.9. The van der Waals surface area contributed by atoms with Gasteiger partial charge in [-0.3, -0.25) is 0 Å². The van der Waals surface area contributed by atoms with Crippen molar-refractivity contribution in [1.82, 2.24) is 4.31 Å². The molecule has 0 saturated carbocycles. The first kappa shape index (κ1) is 17.4. The van der Waals surface area contributed by atoms with E-state index in [-0.39, 0.29) is 6.10 Å². The molecule has 0 N–H and O–H groups in total. The summed E-state index contributed by atoms with van der Waals surface area (Å²) in [6.45, 7) is 9.83. The van der Waals surface area contributed by atoms with E-state index >= 15 is 0 Å². The molecule has 124 valence electrons. The van der Waals surface area contributed by atoms with Gasteiger partial charge in [-0.15, -0.1) is 0 Å². The SMILES string of the molecule is CC(C)OCc1cccc(S(=O)(=O)N2C[C@H](C)C[C@@H](C)C2)c1. The number of rotatable bonds is 5. The summed E-state index contributed by atoms with van der Waals surface area (Å²) in [6.07, 6.45) is 1.22. The lowest BCUT2D eigenvalue weighted by Crippen LogP contribution is -2.42. The van der Waals surface area contributed by atoms with E-state index in [1.807, 2.05) is 19.9 Å². The summed E-state index contributed by atoms with van der Waals surface area (Å²) >= 11 is 0. The van der Waals surface area contributed by atoms with Crippen LogP contribution in [0.25, 0.3) is 0 Å². The van der Waals surface area contributed by atoms with Gasteiger partial charge in [0.15, 0.2) is 0 Å². The van der Waals surface area contributed by atoms with Crippen LogP contribution in [0.1, 0.15) is 39.7 Å². The zero-order valence-electron chi connectivity index (χ0n) is 14.0. The molecule has 1 fully saturated rings. The predicted molar refractivity (Wildman–Crippen MR) is 88.1 cm³/mol. The molecule has 1 aliphatic heterocycles. The summed E-state index contributed by atoms with van der Waals surface area (Å²) in [4.78, 5) is 0.374. The van der Waals surface area contributed by atoms with Crippen molar-refractivity contribution in [3.05, 3.63) is 29.8 Å². The van der Waals surface area contributed by atoms with Crippen molar-refractivity contribution >= 4 is 10.0 Å². The first-order valence-electron chi connectivity index (χ1n) is 7.99. The molecule has 1 aromatic carbocycles. The number of sulfonamides is 1. The molecule has 2 rings (SSSR count). The monoisotopic (exact) mass is 325 g/mol. The molecule has 0 radical (unpaired) electrons. The van der Waals surface area contributed by atoms with Crippen LogP contribution in [0.3, 0.4) is 0 Å². The van der Waals surface area contributed by atoms with Crippen LogP contribution in [0.5, 0.6) is 0 Å². The highest BCUT2D eigenvalue weighted by Gasteiger charge is 2.31. The molecule has 0 aromatic heterocycles. The second kappa shape index (κ2) is 7.11. The first-order valence-corrected chi connectivity index (χ1v) is 9.43. The van der Waals surface area contributed by atoms with E-state index in [1.54, 1.807) is 22.5 Å².